The van der Waals surface area contributed by atoms with E-state index >= 15 is 0 Å². The van der Waals surface area contributed by atoms with Crippen molar-refractivity contribution in [3.63, 3.8) is 0 Å². The summed E-state index contributed by atoms with van der Waals surface area (Å²) in [6.45, 7) is 0. The van der Waals surface area contributed by atoms with Crippen molar-refractivity contribution in [1.29, 1.82) is 0 Å². The molecule has 1 aromatic rings. The van der Waals surface area contributed by atoms with Gasteiger partial charge in [-0.1, -0.05) is 0 Å². The molecule has 0 atom stereocenters. The Morgan fingerprint density at radius 3 is 2.29 bits per heavy atom. The number of halogens is 1. The first-order valence-corrected chi connectivity index (χ1v) is 6.98. The van der Waals surface area contributed by atoms with Gasteiger partial charge in [0.15, 0.2) is 0 Å². The third kappa shape index (κ3) is 2.39. The van der Waals surface area contributed by atoms with Crippen molar-refractivity contribution >= 4 is 23.1 Å². The SMILES string of the molecule is COc1ccc(OC)c(S(=O)(=O)Br)c1. The van der Waals surface area contributed by atoms with E-state index in [-0.39, 0.29) is 10.6 Å². The first kappa shape index (κ1) is 11.3. The summed E-state index contributed by atoms with van der Waals surface area (Å²) >= 11 is 2.58. The summed E-state index contributed by atoms with van der Waals surface area (Å²) in [4.78, 5) is 0.0550. The van der Waals surface area contributed by atoms with Crippen LogP contribution < -0.4 is 9.47 Å². The van der Waals surface area contributed by atoms with E-state index in [0.29, 0.717) is 5.75 Å². The molecule has 0 saturated carbocycles. The molecule has 1 rings (SSSR count). The third-order valence-electron chi connectivity index (χ3n) is 1.63. The Labute approximate surface area is 90.0 Å². The van der Waals surface area contributed by atoms with Gasteiger partial charge < -0.3 is 9.47 Å². The minimum Gasteiger partial charge on any atom is -0.497 e. The molecule has 14 heavy (non-hydrogen) atoms. The highest BCUT2D eigenvalue weighted by Crippen LogP contribution is 2.31. The van der Waals surface area contributed by atoms with Crippen molar-refractivity contribution in [2.45, 2.75) is 4.90 Å². The monoisotopic (exact) mass is 280 g/mol. The smallest absolute Gasteiger partial charge is 0.241 e. The van der Waals surface area contributed by atoms with Crippen LogP contribution in [-0.2, 0) is 8.27 Å². The molecule has 0 aliphatic heterocycles. The van der Waals surface area contributed by atoms with Crippen molar-refractivity contribution in [3.8, 4) is 11.5 Å². The van der Waals surface area contributed by atoms with Gasteiger partial charge in [0, 0.05) is 6.07 Å². The molecule has 0 heterocycles. The number of methoxy groups -OCH3 is 2. The molecule has 0 radical (unpaired) electrons. The van der Waals surface area contributed by atoms with Crippen LogP contribution in [0.1, 0.15) is 0 Å². The second kappa shape index (κ2) is 4.18. The van der Waals surface area contributed by atoms with Crippen LogP contribution in [0.25, 0.3) is 0 Å². The molecule has 0 bridgehead atoms. The zero-order valence-electron chi connectivity index (χ0n) is 7.65. The lowest BCUT2D eigenvalue weighted by Gasteiger charge is -2.07. The summed E-state index contributed by atoms with van der Waals surface area (Å²) in [7, 11) is -0.600. The minimum atomic E-state index is -3.47. The molecule has 6 heteroatoms. The lowest BCUT2D eigenvalue weighted by atomic mass is 10.3. The number of hydrogen-bond donors (Lipinski definition) is 0. The summed E-state index contributed by atoms with van der Waals surface area (Å²) in [5, 5.41) is 0. The van der Waals surface area contributed by atoms with Crippen LogP contribution in [0.5, 0.6) is 11.5 Å². The van der Waals surface area contributed by atoms with Crippen LogP contribution in [0.2, 0.25) is 0 Å². The van der Waals surface area contributed by atoms with Crippen LogP contribution in [0, 0.1) is 0 Å². The molecule has 0 amide bonds. The van der Waals surface area contributed by atoms with Crippen molar-refractivity contribution in [2.24, 2.45) is 0 Å². The molecule has 0 aromatic heterocycles. The first-order valence-electron chi connectivity index (χ1n) is 3.65. The van der Waals surface area contributed by atoms with Gasteiger partial charge in [-0.05, 0) is 12.1 Å². The standard InChI is InChI=1S/C8H9BrO4S/c1-12-6-3-4-7(13-2)8(5-6)14(9,10)11/h3-5H,1-2H3. The molecule has 0 aliphatic rings. The van der Waals surface area contributed by atoms with E-state index in [4.69, 9.17) is 9.47 Å². The van der Waals surface area contributed by atoms with Gasteiger partial charge in [-0.3, -0.25) is 0 Å². The minimum absolute atomic E-state index is 0.0550. The first-order chi connectivity index (χ1) is 6.49. The molecule has 0 saturated heterocycles. The molecule has 1 aromatic carbocycles. The fourth-order valence-electron chi connectivity index (χ4n) is 0.975. The maximum atomic E-state index is 11.3. The van der Waals surface area contributed by atoms with Crippen LogP contribution >= 0.6 is 14.8 Å². The van der Waals surface area contributed by atoms with Crippen LogP contribution in [0.15, 0.2) is 23.1 Å². The molecule has 4 nitrogen and oxygen atoms in total. The fraction of sp³-hybridized carbons (Fsp3) is 0.250. The molecule has 0 spiro atoms. The Hall–Kier alpha value is -0.750. The molecular formula is C8H9BrO4S. The van der Waals surface area contributed by atoms with Crippen LogP contribution in [-0.4, -0.2) is 22.6 Å². The fourth-order valence-corrected chi connectivity index (χ4v) is 2.38. The van der Waals surface area contributed by atoms with Crippen LogP contribution in [0.4, 0.5) is 0 Å². The van der Waals surface area contributed by atoms with Gasteiger partial charge in [-0.15, -0.1) is 0 Å². The molecule has 0 aliphatic carbocycles. The largest absolute Gasteiger partial charge is 0.497 e. The topological polar surface area (TPSA) is 52.6 Å². The highest BCUT2D eigenvalue weighted by Gasteiger charge is 2.16. The Morgan fingerprint density at radius 1 is 1.21 bits per heavy atom. The number of rotatable bonds is 3. The Morgan fingerprint density at radius 2 is 1.86 bits per heavy atom. The van der Waals surface area contributed by atoms with Crippen molar-refractivity contribution < 1.29 is 17.9 Å². The number of hydrogen-bond acceptors (Lipinski definition) is 4. The van der Waals surface area contributed by atoms with E-state index in [2.05, 4.69) is 14.8 Å². The van der Waals surface area contributed by atoms with E-state index in [1.807, 2.05) is 0 Å². The highest BCUT2D eigenvalue weighted by molar-refractivity contribution is 9.47. The van der Waals surface area contributed by atoms with E-state index in [1.165, 1.54) is 26.4 Å². The lowest BCUT2D eigenvalue weighted by Crippen LogP contribution is -1.96. The molecule has 0 fully saturated rings. The predicted octanol–water partition coefficient (Wildman–Crippen LogP) is 1.79. The zero-order valence-corrected chi connectivity index (χ0v) is 10.1. The maximum absolute atomic E-state index is 11.3. The van der Waals surface area contributed by atoms with Gasteiger partial charge in [-0.2, -0.15) is 0 Å². The van der Waals surface area contributed by atoms with Crippen LogP contribution in [0.3, 0.4) is 0 Å². The van der Waals surface area contributed by atoms with Crippen molar-refractivity contribution in [3.05, 3.63) is 18.2 Å². The number of benzene rings is 1. The molecule has 0 N–H and O–H groups in total. The van der Waals surface area contributed by atoms with Gasteiger partial charge in [0.05, 0.1) is 29.0 Å². The molecular weight excluding hydrogens is 272 g/mol. The second-order valence-electron chi connectivity index (χ2n) is 2.45. The van der Waals surface area contributed by atoms with Gasteiger partial charge in [-0.25, -0.2) is 8.42 Å². The summed E-state index contributed by atoms with van der Waals surface area (Å²) in [6, 6.07) is 4.55. The average molecular weight is 281 g/mol. The lowest BCUT2D eigenvalue weighted by molar-refractivity contribution is 0.392. The quantitative estimate of drug-likeness (QED) is 0.793. The van der Waals surface area contributed by atoms with E-state index in [1.54, 1.807) is 6.07 Å². The zero-order chi connectivity index (χ0) is 10.8. The normalized spacial score (nSPS) is 11.1. The summed E-state index contributed by atoms with van der Waals surface area (Å²) in [5.41, 5.74) is 0. The Kier molecular flexibility index (Phi) is 3.38. The van der Waals surface area contributed by atoms with Crippen molar-refractivity contribution in [2.75, 3.05) is 14.2 Å². The predicted molar refractivity (Wildman–Crippen MR) is 55.7 cm³/mol. The number of ether oxygens (including phenoxy) is 2. The van der Waals surface area contributed by atoms with Gasteiger partial charge in [0.2, 0.25) is 8.27 Å². The molecule has 78 valence electrons. The summed E-state index contributed by atoms with van der Waals surface area (Å²) in [6.07, 6.45) is 0. The van der Waals surface area contributed by atoms with E-state index in [0.717, 1.165) is 0 Å². The highest BCUT2D eigenvalue weighted by atomic mass is 79.9. The Balaban J connectivity index is 3.37. The summed E-state index contributed by atoms with van der Waals surface area (Å²) in [5.74, 6) is 0.742. The van der Waals surface area contributed by atoms with Gasteiger partial charge in [0.1, 0.15) is 16.4 Å². The average Bonchev–Trinajstić information content (AvgIpc) is 2.15. The van der Waals surface area contributed by atoms with Gasteiger partial charge in [0.25, 0.3) is 0 Å². The van der Waals surface area contributed by atoms with Crippen molar-refractivity contribution in [1.82, 2.24) is 0 Å². The third-order valence-corrected chi connectivity index (χ3v) is 3.52. The Bertz CT molecular complexity index is 427. The van der Waals surface area contributed by atoms with Gasteiger partial charge >= 0.3 is 0 Å². The summed E-state index contributed by atoms with van der Waals surface area (Å²) < 4.78 is 32.3. The van der Waals surface area contributed by atoms with E-state index in [9.17, 15) is 8.42 Å². The maximum Gasteiger partial charge on any atom is 0.241 e. The van der Waals surface area contributed by atoms with E-state index < -0.39 is 8.27 Å². The molecule has 0 unspecified atom stereocenters. The second-order valence-corrected chi connectivity index (χ2v) is 6.33.